The Hall–Kier alpha value is -1.71. The minimum Gasteiger partial charge on any atom is -0.494 e. The Morgan fingerprint density at radius 1 is 1.07 bits per heavy atom. The number of aliphatic hydroxyl groups excluding tert-OH is 4. The smallest absolute Gasteiger partial charge is 0.226 e. The van der Waals surface area contributed by atoms with Crippen molar-refractivity contribution in [1.82, 2.24) is 0 Å². The average molecular weight is 439 g/mol. The summed E-state index contributed by atoms with van der Waals surface area (Å²) in [6, 6.07) is 12.8. The summed E-state index contributed by atoms with van der Waals surface area (Å²) in [6.07, 6.45) is -5.35. The predicted molar refractivity (Wildman–Crippen MR) is 111 cm³/mol. The van der Waals surface area contributed by atoms with Gasteiger partial charge in [0.25, 0.3) is 0 Å². The molecule has 0 radical (unpaired) electrons. The van der Waals surface area contributed by atoms with E-state index in [1.54, 1.807) is 12.1 Å². The number of halogens is 1. The van der Waals surface area contributed by atoms with Crippen LogP contribution < -0.4 is 4.74 Å². The van der Waals surface area contributed by atoms with Gasteiger partial charge < -0.3 is 34.6 Å². The minimum atomic E-state index is -1.85. The van der Waals surface area contributed by atoms with Gasteiger partial charge in [0.1, 0.15) is 30.2 Å². The third kappa shape index (κ3) is 4.20. The fourth-order valence-corrected chi connectivity index (χ4v) is 4.04. The first-order valence-electron chi connectivity index (χ1n) is 9.75. The van der Waals surface area contributed by atoms with Gasteiger partial charge in [0.15, 0.2) is 0 Å². The Morgan fingerprint density at radius 2 is 1.77 bits per heavy atom. The van der Waals surface area contributed by atoms with Crippen LogP contribution in [-0.4, -0.2) is 65.2 Å². The Balaban J connectivity index is 1.96. The van der Waals surface area contributed by atoms with Crippen LogP contribution in [0, 0.1) is 0 Å². The van der Waals surface area contributed by atoms with Gasteiger partial charge in [-0.2, -0.15) is 0 Å². The molecule has 0 spiro atoms. The molecule has 0 amide bonds. The van der Waals surface area contributed by atoms with Crippen molar-refractivity contribution < 1.29 is 34.6 Å². The number of hydrogen-bond donors (Lipinski definition) is 4. The van der Waals surface area contributed by atoms with Crippen molar-refractivity contribution in [2.24, 2.45) is 0 Å². The molecule has 0 bridgehead atoms. The molecular formula is C22H27ClO7. The van der Waals surface area contributed by atoms with Crippen LogP contribution in [0.1, 0.15) is 23.6 Å². The summed E-state index contributed by atoms with van der Waals surface area (Å²) < 4.78 is 16.7. The van der Waals surface area contributed by atoms with Crippen molar-refractivity contribution in [3.8, 4) is 5.75 Å². The maximum atomic E-state index is 10.7. The van der Waals surface area contributed by atoms with E-state index < -0.39 is 36.8 Å². The molecule has 0 aliphatic carbocycles. The zero-order valence-electron chi connectivity index (χ0n) is 16.9. The second kappa shape index (κ2) is 9.62. The maximum absolute atomic E-state index is 10.7. The van der Waals surface area contributed by atoms with E-state index in [9.17, 15) is 20.4 Å². The van der Waals surface area contributed by atoms with Crippen molar-refractivity contribution in [3.63, 3.8) is 0 Å². The van der Waals surface area contributed by atoms with Gasteiger partial charge in [-0.3, -0.25) is 0 Å². The van der Waals surface area contributed by atoms with Crippen LogP contribution >= 0.6 is 11.6 Å². The van der Waals surface area contributed by atoms with Gasteiger partial charge in [-0.05, 0) is 36.6 Å². The lowest BCUT2D eigenvalue weighted by molar-refractivity contribution is -0.366. The van der Waals surface area contributed by atoms with Crippen LogP contribution in [0.25, 0.3) is 0 Å². The summed E-state index contributed by atoms with van der Waals surface area (Å²) in [5.41, 5.74) is 2.05. The summed E-state index contributed by atoms with van der Waals surface area (Å²) in [5, 5.41) is 40.9. The molecule has 30 heavy (non-hydrogen) atoms. The molecular weight excluding hydrogens is 412 g/mol. The van der Waals surface area contributed by atoms with Crippen LogP contribution in [0.5, 0.6) is 5.75 Å². The first-order valence-corrected chi connectivity index (χ1v) is 10.1. The highest BCUT2D eigenvalue weighted by atomic mass is 35.5. The zero-order chi connectivity index (χ0) is 21.9. The van der Waals surface area contributed by atoms with E-state index in [1.807, 2.05) is 37.3 Å². The van der Waals surface area contributed by atoms with E-state index in [4.69, 9.17) is 25.8 Å². The van der Waals surface area contributed by atoms with Crippen molar-refractivity contribution in [2.45, 2.75) is 43.5 Å². The first kappa shape index (κ1) is 23.0. The summed E-state index contributed by atoms with van der Waals surface area (Å²) in [5.74, 6) is -1.07. The van der Waals surface area contributed by atoms with E-state index in [2.05, 4.69) is 0 Å². The Bertz CT molecular complexity index is 842. The summed E-state index contributed by atoms with van der Waals surface area (Å²) >= 11 is 6.68. The molecule has 1 heterocycles. The molecule has 2 aromatic carbocycles. The van der Waals surface area contributed by atoms with Crippen molar-refractivity contribution in [3.05, 3.63) is 64.2 Å². The monoisotopic (exact) mass is 438 g/mol. The molecule has 0 saturated carbocycles. The number of methoxy groups -OCH3 is 1. The molecule has 1 saturated heterocycles. The number of ether oxygens (including phenoxy) is 3. The number of aliphatic hydroxyl groups is 4. The molecule has 2 aromatic rings. The summed E-state index contributed by atoms with van der Waals surface area (Å²) in [4.78, 5) is 0. The van der Waals surface area contributed by atoms with E-state index in [1.165, 1.54) is 7.11 Å². The third-order valence-corrected chi connectivity index (χ3v) is 5.78. The van der Waals surface area contributed by atoms with Crippen LogP contribution in [0.4, 0.5) is 0 Å². The first-order chi connectivity index (χ1) is 14.4. The Morgan fingerprint density at radius 3 is 2.37 bits per heavy atom. The van der Waals surface area contributed by atoms with Gasteiger partial charge in [-0.1, -0.05) is 41.9 Å². The SMILES string of the molecule is CCOc1ccc(Cc2cccc([C@]3(OC)O[C@H](CO)[C@@H](O)[C@H](O)[C@H]3O)c2Cl)cc1. The standard InChI is InChI=1S/C22H27ClO7/c1-3-29-15-9-7-13(8-10-15)11-14-5-4-6-16(18(14)23)22(28-2)21(27)20(26)19(25)17(12-24)30-22/h4-10,17,19-21,24-27H,3,11-12H2,1-2H3/t17-,19-,20+,21-,22+/m1/s1. The van der Waals surface area contributed by atoms with Gasteiger partial charge in [0.2, 0.25) is 5.79 Å². The molecule has 5 atom stereocenters. The molecule has 8 heteroatoms. The fraction of sp³-hybridized carbons (Fsp3) is 0.455. The van der Waals surface area contributed by atoms with E-state index in [0.29, 0.717) is 23.6 Å². The highest BCUT2D eigenvalue weighted by Gasteiger charge is 2.55. The third-order valence-electron chi connectivity index (χ3n) is 5.34. The fourth-order valence-electron chi connectivity index (χ4n) is 3.72. The Kier molecular flexibility index (Phi) is 7.36. The van der Waals surface area contributed by atoms with E-state index in [-0.39, 0.29) is 0 Å². The largest absolute Gasteiger partial charge is 0.494 e. The number of rotatable bonds is 7. The van der Waals surface area contributed by atoms with Crippen molar-refractivity contribution in [1.29, 1.82) is 0 Å². The minimum absolute atomic E-state index is 0.298. The second-order valence-corrected chi connectivity index (χ2v) is 7.55. The van der Waals surface area contributed by atoms with Gasteiger partial charge in [0, 0.05) is 12.7 Å². The number of benzene rings is 2. The average Bonchev–Trinajstić information content (AvgIpc) is 2.76. The molecule has 0 unspecified atom stereocenters. The molecule has 4 N–H and O–H groups in total. The lowest BCUT2D eigenvalue weighted by Gasteiger charge is -2.48. The molecule has 1 aliphatic heterocycles. The molecule has 1 aliphatic rings. The molecule has 0 aromatic heterocycles. The summed E-state index contributed by atoms with van der Waals surface area (Å²) in [6.45, 7) is 1.94. The highest BCUT2D eigenvalue weighted by Crippen LogP contribution is 2.43. The van der Waals surface area contributed by atoms with Gasteiger partial charge in [-0.25, -0.2) is 0 Å². The van der Waals surface area contributed by atoms with Crippen LogP contribution in [0.3, 0.4) is 0 Å². The van der Waals surface area contributed by atoms with Gasteiger partial charge >= 0.3 is 0 Å². The Labute approximate surface area is 180 Å². The molecule has 3 rings (SSSR count). The lowest BCUT2D eigenvalue weighted by Crippen LogP contribution is -2.64. The van der Waals surface area contributed by atoms with E-state index >= 15 is 0 Å². The predicted octanol–water partition coefficient (Wildman–Crippen LogP) is 1.60. The van der Waals surface area contributed by atoms with Crippen molar-refractivity contribution >= 4 is 11.6 Å². The normalized spacial score (nSPS) is 29.0. The van der Waals surface area contributed by atoms with Crippen LogP contribution in [-0.2, 0) is 21.7 Å². The second-order valence-electron chi connectivity index (χ2n) is 7.17. The van der Waals surface area contributed by atoms with Gasteiger partial charge in [-0.15, -0.1) is 0 Å². The van der Waals surface area contributed by atoms with Gasteiger partial charge in [0.05, 0.1) is 18.2 Å². The maximum Gasteiger partial charge on any atom is 0.226 e. The summed E-state index contributed by atoms with van der Waals surface area (Å²) in [7, 11) is 1.30. The zero-order valence-corrected chi connectivity index (χ0v) is 17.6. The van der Waals surface area contributed by atoms with E-state index in [0.717, 1.165) is 16.9 Å². The topological polar surface area (TPSA) is 109 Å². The highest BCUT2D eigenvalue weighted by molar-refractivity contribution is 6.32. The van der Waals surface area contributed by atoms with Crippen molar-refractivity contribution in [2.75, 3.05) is 20.3 Å². The van der Waals surface area contributed by atoms with Crippen LogP contribution in [0.2, 0.25) is 5.02 Å². The quantitative estimate of drug-likeness (QED) is 0.520. The van der Waals surface area contributed by atoms with Crippen LogP contribution in [0.15, 0.2) is 42.5 Å². The number of hydrogen-bond acceptors (Lipinski definition) is 7. The lowest BCUT2D eigenvalue weighted by atomic mass is 9.87. The molecule has 164 valence electrons. The molecule has 1 fully saturated rings. The molecule has 7 nitrogen and oxygen atoms in total.